The van der Waals surface area contributed by atoms with E-state index in [1.807, 2.05) is 38.1 Å². The lowest BCUT2D eigenvalue weighted by Gasteiger charge is -2.13. The molecule has 0 bridgehead atoms. The second-order valence-electron chi connectivity index (χ2n) is 5.81. The van der Waals surface area contributed by atoms with Gasteiger partial charge in [-0.05, 0) is 37.1 Å². The summed E-state index contributed by atoms with van der Waals surface area (Å²) in [6, 6.07) is 10.7. The quantitative estimate of drug-likeness (QED) is 0.741. The molecule has 0 saturated heterocycles. The fraction of sp³-hybridized carbons (Fsp3) is 0.211. The molecule has 0 amide bonds. The van der Waals surface area contributed by atoms with E-state index in [1.165, 1.54) is 17.6 Å². The maximum Gasteiger partial charge on any atom is 0.340 e. The van der Waals surface area contributed by atoms with Crippen molar-refractivity contribution in [1.29, 1.82) is 0 Å². The number of hydrogen-bond acceptors (Lipinski definition) is 5. The predicted molar refractivity (Wildman–Crippen MR) is 96.0 cm³/mol. The number of aryl methyl sites for hydroxylation is 2. The highest BCUT2D eigenvalue weighted by Crippen LogP contribution is 2.21. The summed E-state index contributed by atoms with van der Waals surface area (Å²) >= 11 is 0. The number of carbonyl (C=O) groups is 1. The van der Waals surface area contributed by atoms with Crippen LogP contribution in [0.3, 0.4) is 0 Å². The summed E-state index contributed by atoms with van der Waals surface area (Å²) < 4.78 is 6.37. The average Bonchev–Trinajstić information content (AvgIpc) is 2.60. The first kappa shape index (κ1) is 16.7. The lowest BCUT2D eigenvalue weighted by atomic mass is 10.1. The van der Waals surface area contributed by atoms with Crippen molar-refractivity contribution in [2.45, 2.75) is 20.4 Å². The number of hydrogen-bond donors (Lipinski definition) is 1. The molecule has 0 radical (unpaired) electrons. The number of rotatable bonds is 4. The van der Waals surface area contributed by atoms with Crippen LogP contribution in [0.15, 0.2) is 47.4 Å². The van der Waals surface area contributed by atoms with E-state index in [0.29, 0.717) is 29.1 Å². The van der Waals surface area contributed by atoms with Gasteiger partial charge in [0.05, 0.1) is 24.9 Å². The van der Waals surface area contributed by atoms with Crippen LogP contribution in [0.4, 0.5) is 5.69 Å². The Morgan fingerprint density at radius 3 is 2.72 bits per heavy atom. The van der Waals surface area contributed by atoms with Crippen LogP contribution in [0.25, 0.3) is 5.65 Å². The minimum atomic E-state index is -0.400. The Hall–Kier alpha value is -3.15. The van der Waals surface area contributed by atoms with Gasteiger partial charge in [-0.3, -0.25) is 9.20 Å². The number of ether oxygens (including phenoxy) is 1. The number of esters is 1. The number of pyridine rings is 1. The highest BCUT2D eigenvalue weighted by molar-refractivity contribution is 5.97. The van der Waals surface area contributed by atoms with Crippen LogP contribution in [0.2, 0.25) is 0 Å². The first-order valence-electron chi connectivity index (χ1n) is 7.91. The zero-order valence-corrected chi connectivity index (χ0v) is 14.4. The minimum absolute atomic E-state index is 0.136. The Morgan fingerprint density at radius 1 is 1.20 bits per heavy atom. The Kier molecular flexibility index (Phi) is 4.52. The first-order chi connectivity index (χ1) is 12.0. The zero-order valence-electron chi connectivity index (χ0n) is 14.4. The summed E-state index contributed by atoms with van der Waals surface area (Å²) in [6.07, 6.45) is 1.70. The van der Waals surface area contributed by atoms with Crippen molar-refractivity contribution in [3.8, 4) is 0 Å². The second kappa shape index (κ2) is 6.76. The van der Waals surface area contributed by atoms with Crippen molar-refractivity contribution in [3.05, 3.63) is 75.3 Å². The molecule has 1 aromatic carbocycles. The van der Waals surface area contributed by atoms with Gasteiger partial charge in [0.1, 0.15) is 5.65 Å². The molecule has 0 unspecified atom stereocenters. The molecule has 2 heterocycles. The zero-order chi connectivity index (χ0) is 18.0. The molecule has 128 valence electrons. The summed E-state index contributed by atoms with van der Waals surface area (Å²) in [4.78, 5) is 28.8. The lowest BCUT2D eigenvalue weighted by Crippen LogP contribution is -2.18. The van der Waals surface area contributed by atoms with Gasteiger partial charge in [-0.15, -0.1) is 0 Å². The van der Waals surface area contributed by atoms with Crippen LogP contribution in [-0.2, 0) is 11.3 Å². The van der Waals surface area contributed by atoms with E-state index in [0.717, 1.165) is 11.1 Å². The maximum absolute atomic E-state index is 12.3. The minimum Gasteiger partial charge on any atom is -0.465 e. The number of fused-ring (bicyclic) bond motifs is 1. The molecule has 2 aromatic heterocycles. The number of methoxy groups -OCH3 is 1. The van der Waals surface area contributed by atoms with Crippen LogP contribution in [-0.4, -0.2) is 22.5 Å². The van der Waals surface area contributed by atoms with Crippen LogP contribution < -0.4 is 10.9 Å². The smallest absolute Gasteiger partial charge is 0.340 e. The summed E-state index contributed by atoms with van der Waals surface area (Å²) in [5.41, 5.74) is 3.98. The van der Waals surface area contributed by atoms with Gasteiger partial charge < -0.3 is 10.1 Å². The highest BCUT2D eigenvalue weighted by atomic mass is 16.5. The van der Waals surface area contributed by atoms with Gasteiger partial charge in [0.25, 0.3) is 5.56 Å². The SMILES string of the molecule is COC(=O)c1c(C)cccc1NCc1cc(=O)n2cccc(C)c2n1. The molecule has 0 aliphatic heterocycles. The molecular weight excluding hydrogens is 318 g/mol. The van der Waals surface area contributed by atoms with E-state index >= 15 is 0 Å². The van der Waals surface area contributed by atoms with Gasteiger partial charge in [-0.25, -0.2) is 9.78 Å². The third-order valence-electron chi connectivity index (χ3n) is 4.06. The topological polar surface area (TPSA) is 72.7 Å². The average molecular weight is 337 g/mol. The van der Waals surface area contributed by atoms with Crippen LogP contribution in [0.5, 0.6) is 0 Å². The van der Waals surface area contributed by atoms with Crippen LogP contribution in [0.1, 0.15) is 27.2 Å². The molecule has 0 spiro atoms. The molecule has 6 heteroatoms. The molecule has 6 nitrogen and oxygen atoms in total. The summed E-state index contributed by atoms with van der Waals surface area (Å²) in [6.45, 7) is 4.09. The van der Waals surface area contributed by atoms with Crippen LogP contribution in [0, 0.1) is 13.8 Å². The number of anilines is 1. The third kappa shape index (κ3) is 3.24. The summed E-state index contributed by atoms with van der Waals surface area (Å²) in [7, 11) is 1.35. The normalized spacial score (nSPS) is 10.7. The fourth-order valence-electron chi connectivity index (χ4n) is 2.77. The van der Waals surface area contributed by atoms with E-state index in [2.05, 4.69) is 10.3 Å². The molecular formula is C19H19N3O3. The van der Waals surface area contributed by atoms with Gasteiger partial charge in [0.15, 0.2) is 0 Å². The van der Waals surface area contributed by atoms with Gasteiger partial charge in [-0.1, -0.05) is 18.2 Å². The van der Waals surface area contributed by atoms with E-state index in [4.69, 9.17) is 4.74 Å². The molecule has 0 aliphatic carbocycles. The van der Waals surface area contributed by atoms with Crippen molar-refractivity contribution >= 4 is 17.3 Å². The third-order valence-corrected chi connectivity index (χ3v) is 4.06. The van der Waals surface area contributed by atoms with E-state index in [9.17, 15) is 9.59 Å². The monoisotopic (exact) mass is 337 g/mol. The van der Waals surface area contributed by atoms with E-state index in [-0.39, 0.29) is 5.56 Å². The molecule has 3 aromatic rings. The molecule has 1 N–H and O–H groups in total. The number of nitrogens with zero attached hydrogens (tertiary/aromatic N) is 2. The van der Waals surface area contributed by atoms with Crippen molar-refractivity contribution in [2.75, 3.05) is 12.4 Å². The molecule has 0 fully saturated rings. The molecule has 3 rings (SSSR count). The lowest BCUT2D eigenvalue weighted by molar-refractivity contribution is 0.0601. The van der Waals surface area contributed by atoms with E-state index in [1.54, 1.807) is 12.3 Å². The fourth-order valence-corrected chi connectivity index (χ4v) is 2.77. The molecule has 0 saturated carbocycles. The Balaban J connectivity index is 1.94. The van der Waals surface area contributed by atoms with Crippen molar-refractivity contribution < 1.29 is 9.53 Å². The van der Waals surface area contributed by atoms with Gasteiger partial charge in [0.2, 0.25) is 0 Å². The van der Waals surface area contributed by atoms with Crippen molar-refractivity contribution in [2.24, 2.45) is 0 Å². The predicted octanol–water partition coefficient (Wildman–Crippen LogP) is 2.71. The second-order valence-corrected chi connectivity index (χ2v) is 5.81. The Bertz CT molecular complexity index is 1010. The summed E-state index contributed by atoms with van der Waals surface area (Å²) in [5, 5.41) is 3.19. The highest BCUT2D eigenvalue weighted by Gasteiger charge is 2.14. The standard InChI is InChI=1S/C19H19N3O3/c1-12-6-4-8-15(17(12)19(24)25-3)20-11-14-10-16(23)22-9-5-7-13(2)18(22)21-14/h4-10,20H,11H2,1-3H3. The number of nitrogens with one attached hydrogen (secondary N) is 1. The van der Waals surface area contributed by atoms with Gasteiger partial charge in [-0.2, -0.15) is 0 Å². The summed E-state index contributed by atoms with van der Waals surface area (Å²) in [5.74, 6) is -0.400. The Morgan fingerprint density at radius 2 is 1.96 bits per heavy atom. The number of aromatic nitrogens is 2. The Labute approximate surface area is 145 Å². The van der Waals surface area contributed by atoms with Crippen LogP contribution >= 0.6 is 0 Å². The van der Waals surface area contributed by atoms with Gasteiger partial charge in [0, 0.05) is 18.0 Å². The van der Waals surface area contributed by atoms with Crippen molar-refractivity contribution in [1.82, 2.24) is 9.38 Å². The maximum atomic E-state index is 12.3. The van der Waals surface area contributed by atoms with E-state index < -0.39 is 5.97 Å². The molecule has 25 heavy (non-hydrogen) atoms. The van der Waals surface area contributed by atoms with Crippen molar-refractivity contribution in [3.63, 3.8) is 0 Å². The first-order valence-corrected chi connectivity index (χ1v) is 7.91. The number of carbonyl (C=O) groups excluding carboxylic acids is 1. The van der Waals surface area contributed by atoms with Gasteiger partial charge >= 0.3 is 5.97 Å². The number of benzene rings is 1. The largest absolute Gasteiger partial charge is 0.465 e. The molecule has 0 aliphatic rings. The molecule has 0 atom stereocenters.